The Morgan fingerprint density at radius 3 is 2.50 bits per heavy atom. The van der Waals surface area contributed by atoms with Crippen molar-refractivity contribution in [3.05, 3.63) is 65.5 Å². The second-order valence-corrected chi connectivity index (χ2v) is 6.31. The van der Waals surface area contributed by atoms with Crippen molar-refractivity contribution in [1.82, 2.24) is 10.3 Å². The number of alkyl halides is 3. The molecule has 1 aliphatic heterocycles. The summed E-state index contributed by atoms with van der Waals surface area (Å²) < 4.78 is 44.6. The molecule has 1 aliphatic rings. The molecule has 1 fully saturated rings. The standard InChI is InChI=1S/C19H19F3N2O2/c20-19(21,22)16-3-1-2-15(12-16)18(6-10-26-11-7-18)17(25)24-13-14-4-8-23-9-5-14/h1-5,8-9,12H,6-7,10-11,13H2,(H,24,25). The molecule has 3 rings (SSSR count). The summed E-state index contributed by atoms with van der Waals surface area (Å²) in [6.45, 7) is 0.959. The molecule has 0 aliphatic carbocycles. The number of amides is 1. The number of pyridine rings is 1. The van der Waals surface area contributed by atoms with E-state index in [1.54, 1.807) is 30.6 Å². The van der Waals surface area contributed by atoms with Crippen LogP contribution in [0.3, 0.4) is 0 Å². The predicted octanol–water partition coefficient (Wildman–Crippen LogP) is 3.47. The van der Waals surface area contributed by atoms with Gasteiger partial charge in [0, 0.05) is 32.2 Å². The van der Waals surface area contributed by atoms with Crippen LogP contribution in [0.15, 0.2) is 48.8 Å². The van der Waals surface area contributed by atoms with E-state index in [2.05, 4.69) is 10.3 Å². The fourth-order valence-electron chi connectivity index (χ4n) is 3.21. The highest BCUT2D eigenvalue weighted by Crippen LogP contribution is 2.38. The summed E-state index contributed by atoms with van der Waals surface area (Å²) >= 11 is 0. The summed E-state index contributed by atoms with van der Waals surface area (Å²) in [6, 6.07) is 8.60. The fraction of sp³-hybridized carbons (Fsp3) is 0.368. The smallest absolute Gasteiger partial charge is 0.381 e. The zero-order valence-corrected chi connectivity index (χ0v) is 14.1. The molecule has 0 saturated carbocycles. The van der Waals surface area contributed by atoms with Crippen LogP contribution in [-0.4, -0.2) is 24.1 Å². The summed E-state index contributed by atoms with van der Waals surface area (Å²) in [7, 11) is 0. The summed E-state index contributed by atoms with van der Waals surface area (Å²) in [6.07, 6.45) is -0.514. The number of carbonyl (C=O) groups is 1. The molecule has 0 atom stereocenters. The topological polar surface area (TPSA) is 51.2 Å². The number of nitrogens with one attached hydrogen (secondary N) is 1. The normalized spacial score (nSPS) is 16.9. The number of hydrogen-bond donors (Lipinski definition) is 1. The van der Waals surface area contributed by atoms with Crippen molar-refractivity contribution in [2.75, 3.05) is 13.2 Å². The molecule has 2 aromatic rings. The third kappa shape index (κ3) is 3.88. The van der Waals surface area contributed by atoms with Crippen LogP contribution < -0.4 is 5.32 Å². The van der Waals surface area contributed by atoms with Crippen molar-refractivity contribution < 1.29 is 22.7 Å². The first-order valence-electron chi connectivity index (χ1n) is 8.34. The number of halogens is 3. The Morgan fingerprint density at radius 2 is 1.85 bits per heavy atom. The van der Waals surface area contributed by atoms with Crippen LogP contribution in [0.5, 0.6) is 0 Å². The maximum atomic E-state index is 13.1. The van der Waals surface area contributed by atoms with Gasteiger partial charge in [-0.05, 0) is 42.2 Å². The van der Waals surface area contributed by atoms with Crippen molar-refractivity contribution >= 4 is 5.91 Å². The Balaban J connectivity index is 1.88. The number of hydrogen-bond acceptors (Lipinski definition) is 3. The summed E-state index contributed by atoms with van der Waals surface area (Å²) in [5.41, 5.74) is -0.516. The number of carbonyl (C=O) groups excluding carboxylic acids is 1. The van der Waals surface area contributed by atoms with Crippen LogP contribution >= 0.6 is 0 Å². The van der Waals surface area contributed by atoms with Gasteiger partial charge in [0.15, 0.2) is 0 Å². The van der Waals surface area contributed by atoms with E-state index in [-0.39, 0.29) is 5.91 Å². The molecule has 2 heterocycles. The SMILES string of the molecule is O=C(NCc1ccncc1)C1(c2cccc(C(F)(F)F)c2)CCOCC1. The summed E-state index contributed by atoms with van der Waals surface area (Å²) in [5, 5.41) is 2.86. The largest absolute Gasteiger partial charge is 0.416 e. The molecular formula is C19H19F3N2O2. The zero-order valence-electron chi connectivity index (χ0n) is 14.1. The number of ether oxygens (including phenoxy) is 1. The number of rotatable bonds is 4. The quantitative estimate of drug-likeness (QED) is 0.904. The van der Waals surface area contributed by atoms with E-state index in [1.807, 2.05) is 0 Å². The van der Waals surface area contributed by atoms with Gasteiger partial charge in [-0.2, -0.15) is 13.2 Å². The summed E-state index contributed by atoms with van der Waals surface area (Å²) in [5.74, 6) is -0.281. The van der Waals surface area contributed by atoms with Gasteiger partial charge in [-0.1, -0.05) is 18.2 Å². The minimum atomic E-state index is -4.45. The molecule has 1 aromatic carbocycles. The van der Waals surface area contributed by atoms with Crippen LogP contribution in [0.4, 0.5) is 13.2 Å². The number of benzene rings is 1. The van der Waals surface area contributed by atoms with E-state index in [0.717, 1.165) is 17.7 Å². The molecule has 1 amide bonds. The molecule has 138 valence electrons. The third-order valence-electron chi connectivity index (χ3n) is 4.73. The van der Waals surface area contributed by atoms with Crippen LogP contribution in [0.2, 0.25) is 0 Å². The molecule has 1 N–H and O–H groups in total. The van der Waals surface area contributed by atoms with Gasteiger partial charge in [0.25, 0.3) is 0 Å². The van der Waals surface area contributed by atoms with Gasteiger partial charge in [-0.15, -0.1) is 0 Å². The summed E-state index contributed by atoms with van der Waals surface area (Å²) in [4.78, 5) is 16.9. The lowest BCUT2D eigenvalue weighted by atomic mass is 9.73. The van der Waals surface area contributed by atoms with Crippen molar-refractivity contribution in [2.45, 2.75) is 31.0 Å². The Morgan fingerprint density at radius 1 is 1.15 bits per heavy atom. The highest BCUT2D eigenvalue weighted by molar-refractivity contribution is 5.88. The van der Waals surface area contributed by atoms with Crippen LogP contribution in [-0.2, 0) is 27.7 Å². The maximum Gasteiger partial charge on any atom is 0.416 e. The van der Waals surface area contributed by atoms with E-state index >= 15 is 0 Å². The molecule has 4 nitrogen and oxygen atoms in total. The second kappa shape index (κ2) is 7.45. The van der Waals surface area contributed by atoms with Crippen LogP contribution in [0.25, 0.3) is 0 Å². The number of nitrogens with zero attached hydrogens (tertiary/aromatic N) is 1. The Labute approximate surface area is 149 Å². The van der Waals surface area contributed by atoms with Gasteiger partial charge in [0.05, 0.1) is 11.0 Å². The minimum Gasteiger partial charge on any atom is -0.381 e. The van der Waals surface area contributed by atoms with Gasteiger partial charge < -0.3 is 10.1 Å². The third-order valence-corrected chi connectivity index (χ3v) is 4.73. The molecule has 26 heavy (non-hydrogen) atoms. The van der Waals surface area contributed by atoms with Gasteiger partial charge in [0.2, 0.25) is 5.91 Å². The monoisotopic (exact) mass is 364 g/mol. The molecule has 1 saturated heterocycles. The number of aromatic nitrogens is 1. The Bertz CT molecular complexity index is 757. The van der Waals surface area contributed by atoms with Crippen LogP contribution in [0.1, 0.15) is 29.5 Å². The van der Waals surface area contributed by atoms with Gasteiger partial charge in [0.1, 0.15) is 0 Å². The van der Waals surface area contributed by atoms with Crippen molar-refractivity contribution in [2.24, 2.45) is 0 Å². The molecule has 0 unspecified atom stereocenters. The van der Waals surface area contributed by atoms with Gasteiger partial charge in [-0.25, -0.2) is 0 Å². The van der Waals surface area contributed by atoms with E-state index < -0.39 is 17.2 Å². The average molecular weight is 364 g/mol. The van der Waals surface area contributed by atoms with Crippen molar-refractivity contribution in [1.29, 1.82) is 0 Å². The molecule has 0 radical (unpaired) electrons. The first kappa shape index (κ1) is 18.4. The van der Waals surface area contributed by atoms with Crippen molar-refractivity contribution in [3.8, 4) is 0 Å². The van der Waals surface area contributed by atoms with E-state index in [1.165, 1.54) is 6.07 Å². The highest BCUT2D eigenvalue weighted by atomic mass is 19.4. The lowest BCUT2D eigenvalue weighted by Crippen LogP contribution is -2.47. The van der Waals surface area contributed by atoms with Crippen molar-refractivity contribution in [3.63, 3.8) is 0 Å². The highest BCUT2D eigenvalue weighted by Gasteiger charge is 2.43. The fourth-order valence-corrected chi connectivity index (χ4v) is 3.21. The predicted molar refractivity (Wildman–Crippen MR) is 89.3 cm³/mol. The first-order chi connectivity index (χ1) is 12.4. The Kier molecular flexibility index (Phi) is 5.27. The van der Waals surface area contributed by atoms with Crippen LogP contribution in [0, 0.1) is 0 Å². The van der Waals surface area contributed by atoms with E-state index in [0.29, 0.717) is 38.2 Å². The Hall–Kier alpha value is -2.41. The van der Waals surface area contributed by atoms with E-state index in [4.69, 9.17) is 4.74 Å². The lowest BCUT2D eigenvalue weighted by molar-refractivity contribution is -0.138. The zero-order chi connectivity index (χ0) is 18.6. The molecule has 1 aromatic heterocycles. The molecule has 7 heteroatoms. The second-order valence-electron chi connectivity index (χ2n) is 6.31. The maximum absolute atomic E-state index is 13.1. The molecule has 0 bridgehead atoms. The average Bonchev–Trinajstić information content (AvgIpc) is 2.67. The molecule has 0 spiro atoms. The lowest BCUT2D eigenvalue weighted by Gasteiger charge is -2.36. The van der Waals surface area contributed by atoms with E-state index in [9.17, 15) is 18.0 Å². The molecular weight excluding hydrogens is 345 g/mol. The minimum absolute atomic E-state index is 0.281. The first-order valence-corrected chi connectivity index (χ1v) is 8.34. The van der Waals surface area contributed by atoms with Gasteiger partial charge in [-0.3, -0.25) is 9.78 Å². The van der Waals surface area contributed by atoms with Gasteiger partial charge >= 0.3 is 6.18 Å².